The minimum absolute atomic E-state index is 0. The Balaban J connectivity index is 0.000000364. The van der Waals surface area contributed by atoms with Gasteiger partial charge in [-0.25, -0.2) is 0 Å². The van der Waals surface area contributed by atoms with E-state index in [0.717, 1.165) is 0 Å². The number of nitrogens with zero attached hydrogens (tertiary/aromatic N) is 4. The van der Waals surface area contributed by atoms with Gasteiger partial charge in [-0.3, -0.25) is 9.97 Å². The van der Waals surface area contributed by atoms with Crippen LogP contribution in [0.5, 0.6) is 0 Å². The summed E-state index contributed by atoms with van der Waals surface area (Å²) in [5.74, 6) is 0. The van der Waals surface area contributed by atoms with Crippen molar-refractivity contribution >= 4 is 11.4 Å². The van der Waals surface area contributed by atoms with Crippen molar-refractivity contribution < 1.29 is 19.5 Å². The fourth-order valence-corrected chi connectivity index (χ4v) is 1.25. The van der Waals surface area contributed by atoms with Crippen LogP contribution in [0.1, 0.15) is 25.2 Å². The molecule has 21 heavy (non-hydrogen) atoms. The van der Waals surface area contributed by atoms with E-state index in [4.69, 9.17) is 0 Å². The van der Waals surface area contributed by atoms with Crippen LogP contribution in [0.2, 0.25) is 0 Å². The SMILES string of the molecule is C/C(=N/[O-])c1ccccn1.C/C(=N\[O-])c1ccccn1.[Zn+2]. The molecule has 2 aromatic heterocycles. The summed E-state index contributed by atoms with van der Waals surface area (Å²) >= 11 is 0. The van der Waals surface area contributed by atoms with E-state index >= 15 is 0 Å². The minimum atomic E-state index is 0. The summed E-state index contributed by atoms with van der Waals surface area (Å²) in [5, 5.41) is 25.5. The van der Waals surface area contributed by atoms with Gasteiger partial charge < -0.3 is 20.7 Å². The van der Waals surface area contributed by atoms with Crippen molar-refractivity contribution in [3.05, 3.63) is 70.6 Å². The van der Waals surface area contributed by atoms with Crippen LogP contribution in [-0.2, 0) is 19.5 Å². The third kappa shape index (κ3) is 6.72. The van der Waals surface area contributed by atoms with E-state index in [-0.39, 0.29) is 19.5 Å². The number of pyridine rings is 2. The topological polar surface area (TPSA) is 96.6 Å². The van der Waals surface area contributed by atoms with Crippen LogP contribution in [0.3, 0.4) is 0 Å². The second-order valence-corrected chi connectivity index (χ2v) is 3.78. The first kappa shape index (κ1) is 18.9. The summed E-state index contributed by atoms with van der Waals surface area (Å²) in [6, 6.07) is 10.7. The first-order valence-electron chi connectivity index (χ1n) is 5.85. The molecule has 0 N–H and O–H groups in total. The van der Waals surface area contributed by atoms with Crippen molar-refractivity contribution in [2.45, 2.75) is 13.8 Å². The maximum atomic E-state index is 9.98. The molecule has 0 saturated heterocycles. The molecular weight excluding hydrogens is 322 g/mol. The third-order valence-corrected chi connectivity index (χ3v) is 2.35. The molecule has 0 aliphatic carbocycles. The average Bonchev–Trinajstić information content (AvgIpc) is 2.55. The van der Waals surface area contributed by atoms with Crippen LogP contribution in [0.25, 0.3) is 0 Å². The quantitative estimate of drug-likeness (QED) is 0.479. The number of rotatable bonds is 2. The standard InChI is InChI=1S/2C7H8N2O.Zn/c2*1-6(9-10)7-4-2-3-5-8-7;/h2*2-5,10H,1H3;/q;;+2/p-2/b9-6+;9-6-;. The molecule has 0 spiro atoms. The molecule has 0 aliphatic heterocycles. The van der Waals surface area contributed by atoms with Crippen molar-refractivity contribution in [2.75, 3.05) is 0 Å². The largest absolute Gasteiger partial charge is 2.00 e. The van der Waals surface area contributed by atoms with E-state index in [9.17, 15) is 10.4 Å². The summed E-state index contributed by atoms with van der Waals surface area (Å²) < 4.78 is 0. The number of hydrogen-bond donors (Lipinski definition) is 0. The average molecular weight is 336 g/mol. The van der Waals surface area contributed by atoms with Gasteiger partial charge in [-0.05, 0) is 38.1 Å². The molecule has 2 aromatic rings. The zero-order valence-corrected chi connectivity index (χ0v) is 14.9. The second-order valence-electron chi connectivity index (χ2n) is 3.78. The molecule has 0 bridgehead atoms. The maximum absolute atomic E-state index is 9.98. The first-order valence-corrected chi connectivity index (χ1v) is 5.85. The van der Waals surface area contributed by atoms with Crippen molar-refractivity contribution in [1.29, 1.82) is 0 Å². The Hall–Kier alpha value is -2.14. The third-order valence-electron chi connectivity index (χ3n) is 2.35. The van der Waals surface area contributed by atoms with Gasteiger partial charge in [0.25, 0.3) is 0 Å². The van der Waals surface area contributed by atoms with Gasteiger partial charge >= 0.3 is 19.5 Å². The summed E-state index contributed by atoms with van der Waals surface area (Å²) in [6.07, 6.45) is 3.26. The Bertz CT molecular complexity index is 521. The molecule has 6 nitrogen and oxygen atoms in total. The van der Waals surface area contributed by atoms with E-state index in [1.54, 1.807) is 50.5 Å². The molecule has 0 aliphatic rings. The molecule has 0 fully saturated rings. The van der Waals surface area contributed by atoms with Crippen LogP contribution >= 0.6 is 0 Å². The zero-order valence-electron chi connectivity index (χ0n) is 11.9. The Kier molecular flexibility index (Phi) is 9.55. The maximum Gasteiger partial charge on any atom is 2.00 e. The van der Waals surface area contributed by atoms with Crippen molar-refractivity contribution in [1.82, 2.24) is 9.97 Å². The fourth-order valence-electron chi connectivity index (χ4n) is 1.25. The van der Waals surface area contributed by atoms with E-state index in [1.807, 2.05) is 12.1 Å². The Labute approximate surface area is 136 Å². The fraction of sp³-hybridized carbons (Fsp3) is 0.143. The molecule has 0 aromatic carbocycles. The molecule has 0 amide bonds. The summed E-state index contributed by atoms with van der Waals surface area (Å²) in [4.78, 5) is 7.84. The zero-order chi connectivity index (χ0) is 14.8. The normalized spacial score (nSPS) is 11.0. The van der Waals surface area contributed by atoms with Crippen molar-refractivity contribution in [2.24, 2.45) is 10.3 Å². The number of hydrogen-bond acceptors (Lipinski definition) is 6. The van der Waals surface area contributed by atoms with Crippen LogP contribution in [0, 0.1) is 10.4 Å². The van der Waals surface area contributed by atoms with Gasteiger partial charge in [0.2, 0.25) is 0 Å². The van der Waals surface area contributed by atoms with Crippen LogP contribution in [0.4, 0.5) is 0 Å². The van der Waals surface area contributed by atoms with Gasteiger partial charge in [0.15, 0.2) is 0 Å². The molecular formula is C14H14N4O2Zn. The predicted octanol–water partition coefficient (Wildman–Crippen LogP) is 2.77. The monoisotopic (exact) mass is 334 g/mol. The molecule has 2 heterocycles. The van der Waals surface area contributed by atoms with Crippen molar-refractivity contribution in [3.63, 3.8) is 0 Å². The summed E-state index contributed by atoms with van der Waals surface area (Å²) in [6.45, 7) is 3.27. The summed E-state index contributed by atoms with van der Waals surface area (Å²) in [5.41, 5.74) is 2.11. The van der Waals surface area contributed by atoms with Gasteiger partial charge in [0, 0.05) is 12.4 Å². The van der Waals surface area contributed by atoms with Gasteiger partial charge in [0.1, 0.15) is 0 Å². The van der Waals surface area contributed by atoms with Gasteiger partial charge in [-0.15, -0.1) is 0 Å². The minimum Gasteiger partial charge on any atom is -0.792 e. The van der Waals surface area contributed by atoms with Gasteiger partial charge in [0.05, 0.1) is 22.8 Å². The molecule has 0 atom stereocenters. The van der Waals surface area contributed by atoms with Crippen molar-refractivity contribution in [3.8, 4) is 0 Å². The van der Waals surface area contributed by atoms with E-state index in [1.165, 1.54) is 0 Å². The molecule has 0 unspecified atom stereocenters. The molecule has 7 heteroatoms. The van der Waals surface area contributed by atoms with E-state index < -0.39 is 0 Å². The van der Waals surface area contributed by atoms with Gasteiger partial charge in [-0.1, -0.05) is 12.1 Å². The van der Waals surface area contributed by atoms with Crippen LogP contribution < -0.4 is 0 Å². The Morgan fingerprint density at radius 3 is 1.43 bits per heavy atom. The first-order chi connectivity index (χ1) is 9.69. The second kappa shape index (κ2) is 10.6. The van der Waals surface area contributed by atoms with E-state index in [2.05, 4.69) is 20.3 Å². The van der Waals surface area contributed by atoms with Gasteiger partial charge in [-0.2, -0.15) is 0 Å². The van der Waals surface area contributed by atoms with Crippen LogP contribution in [0.15, 0.2) is 59.1 Å². The smallest absolute Gasteiger partial charge is 0.792 e. The van der Waals surface area contributed by atoms with Crippen LogP contribution in [-0.4, -0.2) is 21.4 Å². The molecule has 0 saturated carbocycles. The Morgan fingerprint density at radius 1 is 0.810 bits per heavy atom. The predicted molar refractivity (Wildman–Crippen MR) is 79.6 cm³/mol. The molecule has 104 valence electrons. The summed E-state index contributed by atoms with van der Waals surface area (Å²) in [7, 11) is 0. The molecule has 0 radical (unpaired) electrons. The number of aromatic nitrogens is 2. The molecule has 2 rings (SSSR count). The van der Waals surface area contributed by atoms with E-state index in [0.29, 0.717) is 22.8 Å². The Morgan fingerprint density at radius 2 is 1.19 bits per heavy atom.